The molecule has 0 spiro atoms. The molecule has 0 heterocycles. The van der Waals surface area contributed by atoms with E-state index < -0.39 is 5.41 Å². The fraction of sp³-hybridized carbons (Fsp3) is 0.750. The van der Waals surface area contributed by atoms with E-state index in [9.17, 15) is 4.79 Å². The minimum atomic E-state index is -0.484. The number of nitrogens with two attached hydrogens (primary N) is 1. The Kier molecular flexibility index (Phi) is 5.58. The number of carbonyl (C=O) groups excluding carboxylic acids is 1. The molecule has 0 aliphatic heterocycles. The molecule has 3 nitrogen and oxygen atoms in total. The second-order valence-electron chi connectivity index (χ2n) is 4.92. The third kappa shape index (κ3) is 4.98. The van der Waals surface area contributed by atoms with Crippen molar-refractivity contribution in [1.29, 1.82) is 0 Å². The van der Waals surface area contributed by atoms with Gasteiger partial charge in [-0.25, -0.2) is 0 Å². The number of allylic oxidation sites excluding steroid dienone is 1. The lowest BCUT2D eigenvalue weighted by Crippen LogP contribution is -2.44. The molecule has 0 aromatic heterocycles. The van der Waals surface area contributed by atoms with E-state index in [0.29, 0.717) is 18.5 Å². The third-order valence-electron chi connectivity index (χ3n) is 2.93. The average molecular weight is 212 g/mol. The normalized spacial score (nSPS) is 15.7. The maximum atomic E-state index is 11.1. The Bertz CT molecular complexity index is 224. The summed E-state index contributed by atoms with van der Waals surface area (Å²) >= 11 is 0. The smallest absolute Gasteiger partial charge is 0.224 e. The predicted octanol–water partition coefficient (Wildman–Crippen LogP) is 1.69. The summed E-state index contributed by atoms with van der Waals surface area (Å²) in [4.78, 5) is 11.1. The van der Waals surface area contributed by atoms with Gasteiger partial charge in [0.25, 0.3) is 0 Å². The van der Waals surface area contributed by atoms with Crippen LogP contribution < -0.4 is 11.1 Å². The largest absolute Gasteiger partial charge is 0.369 e. The molecule has 3 N–H and O–H groups in total. The van der Waals surface area contributed by atoms with Crippen LogP contribution in [0.15, 0.2) is 12.7 Å². The summed E-state index contributed by atoms with van der Waals surface area (Å²) in [5.74, 6) is 0.254. The van der Waals surface area contributed by atoms with Crippen LogP contribution in [0, 0.1) is 11.3 Å². The Morgan fingerprint density at radius 1 is 1.53 bits per heavy atom. The highest BCUT2D eigenvalue weighted by molar-refractivity contribution is 5.80. The zero-order valence-corrected chi connectivity index (χ0v) is 10.3. The minimum absolute atomic E-state index is 0.265. The molecule has 0 saturated heterocycles. The van der Waals surface area contributed by atoms with E-state index in [4.69, 9.17) is 5.73 Å². The molecular weight excluding hydrogens is 188 g/mol. The van der Waals surface area contributed by atoms with E-state index in [-0.39, 0.29) is 5.91 Å². The summed E-state index contributed by atoms with van der Waals surface area (Å²) in [7, 11) is 0. The van der Waals surface area contributed by atoms with Crippen LogP contribution in [0.5, 0.6) is 0 Å². The first-order valence-corrected chi connectivity index (χ1v) is 5.45. The Hall–Kier alpha value is -0.830. The number of carbonyl (C=O) groups is 1. The Balaban J connectivity index is 4.04. The van der Waals surface area contributed by atoms with E-state index in [0.717, 1.165) is 6.42 Å². The highest BCUT2D eigenvalue weighted by Gasteiger charge is 2.25. The van der Waals surface area contributed by atoms with Gasteiger partial charge in [-0.2, -0.15) is 0 Å². The van der Waals surface area contributed by atoms with Crippen molar-refractivity contribution in [1.82, 2.24) is 5.32 Å². The van der Waals surface area contributed by atoms with E-state index in [1.165, 1.54) is 0 Å². The van der Waals surface area contributed by atoms with Crippen molar-refractivity contribution < 1.29 is 4.79 Å². The fourth-order valence-electron chi connectivity index (χ4n) is 1.17. The van der Waals surface area contributed by atoms with Crippen LogP contribution in [0.4, 0.5) is 0 Å². The van der Waals surface area contributed by atoms with Crippen molar-refractivity contribution in [2.24, 2.45) is 17.1 Å². The first-order valence-electron chi connectivity index (χ1n) is 5.45. The highest BCUT2D eigenvalue weighted by Crippen LogP contribution is 2.14. The van der Waals surface area contributed by atoms with Gasteiger partial charge in [-0.15, -0.1) is 6.58 Å². The van der Waals surface area contributed by atoms with Crippen LogP contribution in [-0.4, -0.2) is 18.5 Å². The van der Waals surface area contributed by atoms with Crippen molar-refractivity contribution in [2.45, 2.75) is 40.2 Å². The van der Waals surface area contributed by atoms with Gasteiger partial charge in [-0.3, -0.25) is 4.79 Å². The number of primary amides is 1. The molecule has 0 radical (unpaired) electrons. The topological polar surface area (TPSA) is 55.1 Å². The van der Waals surface area contributed by atoms with Crippen molar-refractivity contribution in [3.8, 4) is 0 Å². The van der Waals surface area contributed by atoms with Crippen LogP contribution >= 0.6 is 0 Å². The number of hydrogen-bond donors (Lipinski definition) is 2. The molecule has 1 amide bonds. The molecule has 0 aromatic carbocycles. The van der Waals surface area contributed by atoms with Crippen molar-refractivity contribution in [3.63, 3.8) is 0 Å². The summed E-state index contributed by atoms with van der Waals surface area (Å²) < 4.78 is 0. The summed E-state index contributed by atoms with van der Waals surface area (Å²) in [5.41, 5.74) is 4.81. The Labute approximate surface area is 93.1 Å². The fourth-order valence-corrected chi connectivity index (χ4v) is 1.17. The molecule has 3 heteroatoms. The second-order valence-corrected chi connectivity index (χ2v) is 4.92. The zero-order valence-electron chi connectivity index (χ0n) is 10.3. The monoisotopic (exact) mass is 212 g/mol. The van der Waals surface area contributed by atoms with Gasteiger partial charge < -0.3 is 11.1 Å². The highest BCUT2D eigenvalue weighted by atomic mass is 16.1. The van der Waals surface area contributed by atoms with E-state index >= 15 is 0 Å². The Morgan fingerprint density at radius 3 is 2.47 bits per heavy atom. The molecule has 15 heavy (non-hydrogen) atoms. The van der Waals surface area contributed by atoms with E-state index in [2.05, 4.69) is 25.7 Å². The van der Waals surface area contributed by atoms with Gasteiger partial charge in [0.15, 0.2) is 0 Å². The molecule has 0 aliphatic rings. The van der Waals surface area contributed by atoms with Crippen LogP contribution in [0.2, 0.25) is 0 Å². The lowest BCUT2D eigenvalue weighted by atomic mass is 9.91. The van der Waals surface area contributed by atoms with Crippen LogP contribution in [-0.2, 0) is 4.79 Å². The predicted molar refractivity (Wildman–Crippen MR) is 64.4 cm³/mol. The van der Waals surface area contributed by atoms with Crippen LogP contribution in [0.3, 0.4) is 0 Å². The quantitative estimate of drug-likeness (QED) is 0.631. The molecule has 2 atom stereocenters. The van der Waals surface area contributed by atoms with E-state index in [1.807, 2.05) is 19.9 Å². The zero-order chi connectivity index (χ0) is 12.1. The summed E-state index contributed by atoms with van der Waals surface area (Å²) in [5, 5.41) is 3.34. The maximum Gasteiger partial charge on any atom is 0.224 e. The number of rotatable bonds is 7. The molecule has 0 bridgehead atoms. The van der Waals surface area contributed by atoms with Gasteiger partial charge in [0.2, 0.25) is 5.91 Å². The molecule has 0 fully saturated rings. The van der Waals surface area contributed by atoms with Gasteiger partial charge in [0.1, 0.15) is 0 Å². The van der Waals surface area contributed by atoms with Gasteiger partial charge in [0, 0.05) is 12.6 Å². The molecule has 0 aromatic rings. The summed E-state index contributed by atoms with van der Waals surface area (Å²) in [6.07, 6.45) is 2.90. The van der Waals surface area contributed by atoms with Crippen molar-refractivity contribution >= 4 is 5.91 Å². The van der Waals surface area contributed by atoms with Crippen molar-refractivity contribution in [3.05, 3.63) is 12.7 Å². The van der Waals surface area contributed by atoms with Crippen molar-refractivity contribution in [2.75, 3.05) is 6.54 Å². The molecule has 0 aliphatic carbocycles. The number of amides is 1. The van der Waals surface area contributed by atoms with Gasteiger partial charge >= 0.3 is 0 Å². The average Bonchev–Trinajstić information content (AvgIpc) is 2.14. The lowest BCUT2D eigenvalue weighted by molar-refractivity contribution is -0.125. The standard InChI is InChI=1S/C12H24N2O/c1-6-7-9(2)10(3)14-8-12(4,5)11(13)15/h6,9-10,14H,1,7-8H2,2-5H3,(H2,13,15). The number of hydrogen-bond acceptors (Lipinski definition) is 2. The lowest BCUT2D eigenvalue weighted by Gasteiger charge is -2.26. The summed E-state index contributed by atoms with van der Waals surface area (Å²) in [6.45, 7) is 12.3. The SMILES string of the molecule is C=CCC(C)C(C)NCC(C)(C)C(N)=O. The minimum Gasteiger partial charge on any atom is -0.369 e. The summed E-state index contributed by atoms with van der Waals surface area (Å²) in [6, 6.07) is 0.363. The van der Waals surface area contributed by atoms with Gasteiger partial charge in [-0.1, -0.05) is 13.0 Å². The third-order valence-corrected chi connectivity index (χ3v) is 2.93. The first kappa shape index (κ1) is 14.2. The van der Waals surface area contributed by atoms with Gasteiger partial charge in [0.05, 0.1) is 5.41 Å². The second kappa shape index (κ2) is 5.91. The molecule has 2 unspecified atom stereocenters. The number of nitrogens with one attached hydrogen (secondary N) is 1. The first-order chi connectivity index (χ1) is 6.81. The van der Waals surface area contributed by atoms with Crippen LogP contribution in [0.25, 0.3) is 0 Å². The van der Waals surface area contributed by atoms with E-state index in [1.54, 1.807) is 0 Å². The van der Waals surface area contributed by atoms with Crippen LogP contribution in [0.1, 0.15) is 34.1 Å². The Morgan fingerprint density at radius 2 is 2.07 bits per heavy atom. The maximum absolute atomic E-state index is 11.1. The molecule has 88 valence electrons. The molecule has 0 rings (SSSR count). The van der Waals surface area contributed by atoms with Gasteiger partial charge in [-0.05, 0) is 33.1 Å². The molecule has 0 saturated carbocycles. The molecular formula is C12H24N2O.